The smallest absolute Gasteiger partial charge is 0.302 e. The van der Waals surface area contributed by atoms with E-state index < -0.39 is 0 Å². The first kappa shape index (κ1) is 9.77. The minimum absolute atomic E-state index is 0.635. The zero-order valence-electron chi connectivity index (χ0n) is 9.19. The molecular formula is C12H14N2O. The highest BCUT2D eigenvalue weighted by atomic mass is 16.4. The van der Waals surface area contributed by atoms with Gasteiger partial charge in [-0.2, -0.15) is 4.98 Å². The van der Waals surface area contributed by atoms with Crippen LogP contribution < -0.4 is 4.90 Å². The molecule has 0 atom stereocenters. The minimum atomic E-state index is 0.635. The van der Waals surface area contributed by atoms with E-state index in [4.69, 9.17) is 4.42 Å². The van der Waals surface area contributed by atoms with Crippen molar-refractivity contribution >= 4 is 11.7 Å². The van der Waals surface area contributed by atoms with Crippen molar-refractivity contribution in [1.29, 1.82) is 0 Å². The Morgan fingerprint density at radius 3 is 2.33 bits per heavy atom. The molecule has 3 heteroatoms. The molecule has 0 amide bonds. The van der Waals surface area contributed by atoms with Crippen LogP contribution in [0.1, 0.15) is 11.5 Å². The van der Waals surface area contributed by atoms with Crippen LogP contribution >= 0.6 is 0 Å². The van der Waals surface area contributed by atoms with E-state index in [1.54, 1.807) is 0 Å². The van der Waals surface area contributed by atoms with Crippen molar-refractivity contribution in [3.8, 4) is 0 Å². The Bertz CT molecular complexity index is 428. The Kier molecular flexibility index (Phi) is 2.46. The summed E-state index contributed by atoms with van der Waals surface area (Å²) >= 11 is 0. The molecule has 15 heavy (non-hydrogen) atoms. The molecule has 0 spiro atoms. The van der Waals surface area contributed by atoms with E-state index in [1.807, 2.05) is 56.1 Å². The maximum Gasteiger partial charge on any atom is 0.302 e. The minimum Gasteiger partial charge on any atom is -0.428 e. The van der Waals surface area contributed by atoms with Gasteiger partial charge in [0.15, 0.2) is 0 Å². The molecule has 0 N–H and O–H groups in total. The number of hydrogen-bond donors (Lipinski definition) is 0. The number of hydrogen-bond acceptors (Lipinski definition) is 3. The molecule has 3 nitrogen and oxygen atoms in total. The normalized spacial score (nSPS) is 10.3. The van der Waals surface area contributed by atoms with Gasteiger partial charge < -0.3 is 4.42 Å². The largest absolute Gasteiger partial charge is 0.428 e. The molecule has 0 aliphatic heterocycles. The van der Waals surface area contributed by atoms with Gasteiger partial charge in [-0.1, -0.05) is 18.2 Å². The predicted molar refractivity (Wildman–Crippen MR) is 60.5 cm³/mol. The van der Waals surface area contributed by atoms with Gasteiger partial charge in [-0.15, -0.1) is 0 Å². The van der Waals surface area contributed by atoms with Crippen LogP contribution in [0, 0.1) is 13.8 Å². The fourth-order valence-corrected chi connectivity index (χ4v) is 1.36. The number of anilines is 2. The van der Waals surface area contributed by atoms with Crippen molar-refractivity contribution in [2.24, 2.45) is 0 Å². The quantitative estimate of drug-likeness (QED) is 0.749. The van der Waals surface area contributed by atoms with Gasteiger partial charge in [-0.25, -0.2) is 0 Å². The van der Waals surface area contributed by atoms with E-state index in [0.29, 0.717) is 6.01 Å². The number of nitrogens with zero attached hydrogens (tertiary/aromatic N) is 2. The first-order valence-electron chi connectivity index (χ1n) is 4.91. The fraction of sp³-hybridized carbons (Fsp3) is 0.250. The lowest BCUT2D eigenvalue weighted by Crippen LogP contribution is -2.09. The average Bonchev–Trinajstić information content (AvgIpc) is 2.59. The van der Waals surface area contributed by atoms with Crippen molar-refractivity contribution < 1.29 is 4.42 Å². The lowest BCUT2D eigenvalue weighted by Gasteiger charge is -2.13. The lowest BCUT2D eigenvalue weighted by atomic mass is 10.3. The van der Waals surface area contributed by atoms with E-state index in [2.05, 4.69) is 4.98 Å². The summed E-state index contributed by atoms with van der Waals surface area (Å²) in [4.78, 5) is 6.28. The molecule has 0 saturated carbocycles. The summed E-state index contributed by atoms with van der Waals surface area (Å²) in [5.41, 5.74) is 2.01. The van der Waals surface area contributed by atoms with Crippen LogP contribution in [0.2, 0.25) is 0 Å². The second-order valence-electron chi connectivity index (χ2n) is 3.53. The fourth-order valence-electron chi connectivity index (χ4n) is 1.36. The Labute approximate surface area is 89.4 Å². The van der Waals surface area contributed by atoms with Crippen LogP contribution in [0.3, 0.4) is 0 Å². The van der Waals surface area contributed by atoms with Crippen LogP contribution in [-0.2, 0) is 0 Å². The average molecular weight is 202 g/mol. The topological polar surface area (TPSA) is 29.3 Å². The van der Waals surface area contributed by atoms with Crippen LogP contribution in [0.15, 0.2) is 34.7 Å². The Hall–Kier alpha value is -1.77. The second-order valence-corrected chi connectivity index (χ2v) is 3.53. The Morgan fingerprint density at radius 1 is 1.13 bits per heavy atom. The zero-order valence-corrected chi connectivity index (χ0v) is 9.19. The van der Waals surface area contributed by atoms with Gasteiger partial charge >= 0.3 is 6.01 Å². The molecule has 0 radical (unpaired) electrons. The summed E-state index contributed by atoms with van der Waals surface area (Å²) in [7, 11) is 1.94. The molecule has 0 fully saturated rings. The van der Waals surface area contributed by atoms with Crippen LogP contribution in [0.25, 0.3) is 0 Å². The van der Waals surface area contributed by atoms with Gasteiger partial charge in [0.05, 0.1) is 5.69 Å². The molecule has 78 valence electrons. The van der Waals surface area contributed by atoms with Crippen molar-refractivity contribution in [2.45, 2.75) is 13.8 Å². The van der Waals surface area contributed by atoms with Crippen LogP contribution in [-0.4, -0.2) is 12.0 Å². The maximum absolute atomic E-state index is 5.55. The van der Waals surface area contributed by atoms with Gasteiger partial charge in [-0.3, -0.25) is 4.90 Å². The molecule has 0 unspecified atom stereocenters. The summed E-state index contributed by atoms with van der Waals surface area (Å²) in [6.07, 6.45) is 0. The molecule has 1 aromatic heterocycles. The lowest BCUT2D eigenvalue weighted by molar-refractivity contribution is 0.530. The highest BCUT2D eigenvalue weighted by Crippen LogP contribution is 2.23. The number of aromatic nitrogens is 1. The standard InChI is InChI=1S/C12H14N2O/c1-9-10(2)15-12(13-9)14(3)11-7-5-4-6-8-11/h4-8H,1-3H3. The molecular weight excluding hydrogens is 188 g/mol. The highest BCUT2D eigenvalue weighted by Gasteiger charge is 2.11. The first-order chi connectivity index (χ1) is 7.18. The van der Waals surface area contributed by atoms with Crippen LogP contribution in [0.4, 0.5) is 11.7 Å². The number of para-hydroxylation sites is 1. The summed E-state index contributed by atoms with van der Waals surface area (Å²) in [6.45, 7) is 3.87. The number of oxazole rings is 1. The third-order valence-corrected chi connectivity index (χ3v) is 2.45. The number of rotatable bonds is 2. The van der Waals surface area contributed by atoms with Gasteiger partial charge in [0.1, 0.15) is 5.76 Å². The molecule has 0 aliphatic rings. The summed E-state index contributed by atoms with van der Waals surface area (Å²) < 4.78 is 5.55. The van der Waals surface area contributed by atoms with Crippen molar-refractivity contribution in [1.82, 2.24) is 4.98 Å². The maximum atomic E-state index is 5.55. The molecule has 0 saturated heterocycles. The third-order valence-electron chi connectivity index (χ3n) is 2.45. The van der Waals surface area contributed by atoms with E-state index in [0.717, 1.165) is 17.1 Å². The van der Waals surface area contributed by atoms with Crippen LogP contribution in [0.5, 0.6) is 0 Å². The molecule has 1 aromatic carbocycles. The monoisotopic (exact) mass is 202 g/mol. The summed E-state index contributed by atoms with van der Waals surface area (Å²) in [5, 5.41) is 0. The predicted octanol–water partition coefficient (Wildman–Crippen LogP) is 3.06. The molecule has 0 bridgehead atoms. The van der Waals surface area contributed by atoms with E-state index in [9.17, 15) is 0 Å². The highest BCUT2D eigenvalue weighted by molar-refractivity contribution is 5.54. The first-order valence-corrected chi connectivity index (χ1v) is 4.91. The Morgan fingerprint density at radius 2 is 1.80 bits per heavy atom. The van der Waals surface area contributed by atoms with E-state index >= 15 is 0 Å². The zero-order chi connectivity index (χ0) is 10.8. The SMILES string of the molecule is Cc1nc(N(C)c2ccccc2)oc1C. The van der Waals surface area contributed by atoms with Gasteiger partial charge in [-0.05, 0) is 26.0 Å². The van der Waals surface area contributed by atoms with E-state index in [1.165, 1.54) is 0 Å². The third kappa shape index (κ3) is 1.86. The van der Waals surface area contributed by atoms with Gasteiger partial charge in [0, 0.05) is 12.7 Å². The second kappa shape index (κ2) is 3.77. The molecule has 0 aliphatic carbocycles. The Balaban J connectivity index is 2.32. The van der Waals surface area contributed by atoms with Crippen molar-refractivity contribution in [3.63, 3.8) is 0 Å². The van der Waals surface area contributed by atoms with Crippen molar-refractivity contribution in [3.05, 3.63) is 41.8 Å². The van der Waals surface area contributed by atoms with Gasteiger partial charge in [0.25, 0.3) is 0 Å². The van der Waals surface area contributed by atoms with Gasteiger partial charge in [0.2, 0.25) is 0 Å². The summed E-state index contributed by atoms with van der Waals surface area (Å²) in [5.74, 6) is 0.868. The number of benzene rings is 1. The number of aryl methyl sites for hydroxylation is 2. The van der Waals surface area contributed by atoms with E-state index in [-0.39, 0.29) is 0 Å². The summed E-state index contributed by atoms with van der Waals surface area (Å²) in [6, 6.07) is 10.7. The molecule has 1 heterocycles. The molecule has 2 rings (SSSR count). The molecule has 2 aromatic rings. The van der Waals surface area contributed by atoms with Crippen molar-refractivity contribution in [2.75, 3.05) is 11.9 Å².